The van der Waals surface area contributed by atoms with Crippen LogP contribution in [-0.4, -0.2) is 47.8 Å². The van der Waals surface area contributed by atoms with Gasteiger partial charge in [0.25, 0.3) is 0 Å². The highest BCUT2D eigenvalue weighted by molar-refractivity contribution is 6.31. The van der Waals surface area contributed by atoms with Gasteiger partial charge in [-0.3, -0.25) is 14.4 Å². The largest absolute Gasteiger partial charge is 0.481 e. The minimum absolute atomic E-state index is 0.0348. The predicted molar refractivity (Wildman–Crippen MR) is 120 cm³/mol. The van der Waals surface area contributed by atoms with Crippen molar-refractivity contribution >= 4 is 35.0 Å². The average molecular weight is 450 g/mol. The Bertz CT molecular complexity index is 829. The molecule has 1 aromatic rings. The van der Waals surface area contributed by atoms with Gasteiger partial charge in [-0.15, -0.1) is 0 Å². The fraction of sp³-hybridized carbons (Fsp3) is 0.348. The monoisotopic (exact) mass is 449 g/mol. The lowest BCUT2D eigenvalue weighted by Crippen LogP contribution is -2.38. The van der Waals surface area contributed by atoms with Crippen LogP contribution >= 0.6 is 11.6 Å². The molecule has 0 radical (unpaired) electrons. The molecular formula is C23H28ClNO6. The third-order valence-electron chi connectivity index (χ3n) is 4.24. The number of allylic oxidation sites excluding steroid dienone is 4. The first-order valence-corrected chi connectivity index (χ1v) is 10.1. The molecular weight excluding hydrogens is 422 g/mol. The SMILES string of the molecule is C=C(/C=C(Cl)\C=C/COC)c1ccc(C[C@H](CC(=O)O)NC(=O)CCCC(=O)O)cc1. The third kappa shape index (κ3) is 11.8. The number of carbonyl (C=O) groups is 3. The fourth-order valence-electron chi connectivity index (χ4n) is 2.78. The van der Waals surface area contributed by atoms with E-state index in [0.29, 0.717) is 23.6 Å². The summed E-state index contributed by atoms with van der Waals surface area (Å²) in [7, 11) is 1.59. The van der Waals surface area contributed by atoms with Gasteiger partial charge in [-0.2, -0.15) is 0 Å². The molecule has 1 rings (SSSR count). The molecule has 3 N–H and O–H groups in total. The molecule has 7 nitrogen and oxygen atoms in total. The highest BCUT2D eigenvalue weighted by Crippen LogP contribution is 2.19. The van der Waals surface area contributed by atoms with Crippen molar-refractivity contribution in [2.75, 3.05) is 13.7 Å². The first-order chi connectivity index (χ1) is 14.7. The summed E-state index contributed by atoms with van der Waals surface area (Å²) in [6.45, 7) is 4.46. The van der Waals surface area contributed by atoms with Crippen molar-refractivity contribution in [2.24, 2.45) is 0 Å². The maximum atomic E-state index is 12.0. The number of carboxylic acid groups (broad SMARTS) is 2. The normalized spacial score (nSPS) is 12.5. The van der Waals surface area contributed by atoms with E-state index in [-0.39, 0.29) is 31.6 Å². The molecule has 1 aromatic carbocycles. The second kappa shape index (κ2) is 14.2. The van der Waals surface area contributed by atoms with Crippen molar-refractivity contribution in [3.05, 3.63) is 65.2 Å². The number of hydrogen-bond donors (Lipinski definition) is 3. The van der Waals surface area contributed by atoms with E-state index in [9.17, 15) is 14.4 Å². The van der Waals surface area contributed by atoms with Gasteiger partial charge in [0, 0.05) is 31.0 Å². The summed E-state index contributed by atoms with van der Waals surface area (Å²) in [5, 5.41) is 21.0. The van der Waals surface area contributed by atoms with Gasteiger partial charge in [-0.1, -0.05) is 48.5 Å². The number of methoxy groups -OCH3 is 1. The van der Waals surface area contributed by atoms with Crippen molar-refractivity contribution in [3.8, 4) is 0 Å². The standard InChI is InChI=1S/C23H28ClNO6/c1-16(13-19(24)5-4-12-31-2)18-10-8-17(9-11-18)14-20(15-23(29)30)25-21(26)6-3-7-22(27)28/h4-5,8-11,13,20H,1,3,6-7,12,14-15H2,2H3,(H,25,26)(H,27,28)(H,29,30)/b5-4-,19-13+/t20-/m1/s1. The molecule has 0 fully saturated rings. The zero-order valence-electron chi connectivity index (χ0n) is 17.5. The number of benzene rings is 1. The number of aliphatic carboxylic acids is 2. The molecule has 0 aliphatic carbocycles. The predicted octanol–water partition coefficient (Wildman–Crippen LogP) is 3.78. The highest BCUT2D eigenvalue weighted by atomic mass is 35.5. The van der Waals surface area contributed by atoms with E-state index in [1.54, 1.807) is 25.3 Å². The van der Waals surface area contributed by atoms with E-state index in [1.165, 1.54) is 0 Å². The summed E-state index contributed by atoms with van der Waals surface area (Å²) < 4.78 is 4.92. The van der Waals surface area contributed by atoms with Gasteiger partial charge >= 0.3 is 11.9 Å². The Morgan fingerprint density at radius 3 is 2.42 bits per heavy atom. The van der Waals surface area contributed by atoms with E-state index in [1.807, 2.05) is 24.3 Å². The van der Waals surface area contributed by atoms with Crippen LogP contribution in [0, 0.1) is 0 Å². The van der Waals surface area contributed by atoms with Crippen LogP contribution in [0.25, 0.3) is 5.57 Å². The van der Waals surface area contributed by atoms with Crippen LogP contribution in [0.4, 0.5) is 0 Å². The molecule has 0 saturated carbocycles. The molecule has 8 heteroatoms. The second-order valence-electron chi connectivity index (χ2n) is 6.92. The summed E-state index contributed by atoms with van der Waals surface area (Å²) in [5.41, 5.74) is 2.42. The van der Waals surface area contributed by atoms with Crippen LogP contribution in [0.15, 0.2) is 54.1 Å². The van der Waals surface area contributed by atoms with E-state index in [2.05, 4.69) is 11.9 Å². The Kier molecular flexibility index (Phi) is 11.9. The topological polar surface area (TPSA) is 113 Å². The zero-order chi connectivity index (χ0) is 23.2. The van der Waals surface area contributed by atoms with E-state index in [0.717, 1.165) is 11.1 Å². The van der Waals surface area contributed by atoms with E-state index in [4.69, 9.17) is 26.6 Å². The van der Waals surface area contributed by atoms with Gasteiger partial charge in [-0.05, 0) is 41.7 Å². The molecule has 0 saturated heterocycles. The molecule has 1 atom stereocenters. The molecule has 0 unspecified atom stereocenters. The van der Waals surface area contributed by atoms with E-state index >= 15 is 0 Å². The smallest absolute Gasteiger partial charge is 0.305 e. The van der Waals surface area contributed by atoms with Crippen molar-refractivity contribution in [1.29, 1.82) is 0 Å². The summed E-state index contributed by atoms with van der Waals surface area (Å²) in [4.78, 5) is 33.7. The molecule has 0 bridgehead atoms. The quantitative estimate of drug-likeness (QED) is 0.372. The van der Waals surface area contributed by atoms with Gasteiger partial charge < -0.3 is 20.3 Å². The van der Waals surface area contributed by atoms with Crippen LogP contribution in [0.5, 0.6) is 0 Å². The van der Waals surface area contributed by atoms with Crippen molar-refractivity contribution in [2.45, 2.75) is 38.1 Å². The number of halogens is 1. The summed E-state index contributed by atoms with van der Waals surface area (Å²) in [6.07, 6.45) is 5.47. The van der Waals surface area contributed by atoms with E-state index < -0.39 is 18.0 Å². The summed E-state index contributed by atoms with van der Waals surface area (Å²) in [6, 6.07) is 6.79. The minimum atomic E-state index is -1.03. The number of nitrogens with one attached hydrogen (secondary N) is 1. The lowest BCUT2D eigenvalue weighted by atomic mass is 9.99. The van der Waals surface area contributed by atoms with Crippen LogP contribution in [0.3, 0.4) is 0 Å². The van der Waals surface area contributed by atoms with Gasteiger partial charge in [0.15, 0.2) is 0 Å². The molecule has 31 heavy (non-hydrogen) atoms. The molecule has 0 aliphatic rings. The highest BCUT2D eigenvalue weighted by Gasteiger charge is 2.17. The number of rotatable bonds is 14. The average Bonchev–Trinajstić information content (AvgIpc) is 2.67. The number of ether oxygens (including phenoxy) is 1. The number of carbonyl (C=O) groups excluding carboxylic acids is 1. The van der Waals surface area contributed by atoms with Crippen LogP contribution in [-0.2, 0) is 25.5 Å². The van der Waals surface area contributed by atoms with Crippen molar-refractivity contribution < 1.29 is 29.3 Å². The Hall–Kier alpha value is -2.90. The number of hydrogen-bond acceptors (Lipinski definition) is 4. The maximum Gasteiger partial charge on any atom is 0.305 e. The van der Waals surface area contributed by atoms with Gasteiger partial charge in [0.2, 0.25) is 5.91 Å². The maximum absolute atomic E-state index is 12.0. The molecule has 0 heterocycles. The van der Waals surface area contributed by atoms with Crippen molar-refractivity contribution in [3.63, 3.8) is 0 Å². The minimum Gasteiger partial charge on any atom is -0.481 e. The fourth-order valence-corrected chi connectivity index (χ4v) is 3.00. The number of carboxylic acids is 2. The summed E-state index contributed by atoms with van der Waals surface area (Å²) in [5.74, 6) is -2.36. The Labute approximate surface area is 187 Å². The lowest BCUT2D eigenvalue weighted by molar-refractivity contribution is -0.138. The number of amides is 1. The van der Waals surface area contributed by atoms with Crippen LogP contribution < -0.4 is 5.32 Å². The molecule has 1 amide bonds. The Morgan fingerprint density at radius 2 is 1.84 bits per heavy atom. The van der Waals surface area contributed by atoms with Crippen LogP contribution in [0.1, 0.15) is 36.8 Å². The molecule has 0 aromatic heterocycles. The zero-order valence-corrected chi connectivity index (χ0v) is 18.2. The van der Waals surface area contributed by atoms with Crippen molar-refractivity contribution in [1.82, 2.24) is 5.32 Å². The van der Waals surface area contributed by atoms with Gasteiger partial charge in [0.05, 0.1) is 13.0 Å². The molecule has 168 valence electrons. The van der Waals surface area contributed by atoms with Crippen LogP contribution in [0.2, 0.25) is 0 Å². The second-order valence-corrected chi connectivity index (χ2v) is 7.36. The van der Waals surface area contributed by atoms with Gasteiger partial charge in [-0.25, -0.2) is 0 Å². The Balaban J connectivity index is 2.73. The first-order valence-electron chi connectivity index (χ1n) is 9.75. The lowest BCUT2D eigenvalue weighted by Gasteiger charge is -2.17. The third-order valence-corrected chi connectivity index (χ3v) is 4.47. The summed E-state index contributed by atoms with van der Waals surface area (Å²) >= 11 is 6.14. The first kappa shape index (κ1) is 26.1. The molecule has 0 aliphatic heterocycles. The molecule has 0 spiro atoms. The Morgan fingerprint density at radius 1 is 1.16 bits per heavy atom. The van der Waals surface area contributed by atoms with Gasteiger partial charge in [0.1, 0.15) is 0 Å².